The van der Waals surface area contributed by atoms with Gasteiger partial charge in [0.15, 0.2) is 0 Å². The van der Waals surface area contributed by atoms with Gasteiger partial charge in [-0.2, -0.15) is 0 Å². The fourth-order valence-corrected chi connectivity index (χ4v) is 3.53. The molecule has 1 aromatic heterocycles. The van der Waals surface area contributed by atoms with Gasteiger partial charge in [0, 0.05) is 50.9 Å². The van der Waals surface area contributed by atoms with Gasteiger partial charge in [-0.25, -0.2) is 9.97 Å². The molecule has 136 valence electrons. The Morgan fingerprint density at radius 1 is 1.08 bits per heavy atom. The normalized spacial score (nSPS) is 20.7. The van der Waals surface area contributed by atoms with Crippen LogP contribution in [0.5, 0.6) is 0 Å². The van der Waals surface area contributed by atoms with Crippen LogP contribution in [0.4, 0.5) is 5.82 Å². The first kappa shape index (κ1) is 17.0. The first-order chi connectivity index (χ1) is 12.8. The minimum Gasteiger partial charge on any atom is -0.390 e. The maximum atomic E-state index is 5.68. The number of benzene rings is 1. The molecule has 1 atom stereocenters. The zero-order chi connectivity index (χ0) is 17.8. The van der Waals surface area contributed by atoms with Gasteiger partial charge in [-0.05, 0) is 12.0 Å². The predicted octanol–water partition coefficient (Wildman–Crippen LogP) is 2.35. The van der Waals surface area contributed by atoms with Crippen molar-refractivity contribution in [3.05, 3.63) is 54.0 Å². The van der Waals surface area contributed by atoms with Crippen molar-refractivity contribution >= 4 is 11.5 Å². The Kier molecular flexibility index (Phi) is 5.11. The molecule has 1 saturated heterocycles. The molecule has 0 spiro atoms. The van der Waals surface area contributed by atoms with Crippen LogP contribution in [-0.2, 0) is 11.3 Å². The van der Waals surface area contributed by atoms with Crippen LogP contribution in [0, 0.1) is 0 Å². The highest BCUT2D eigenvalue weighted by Crippen LogP contribution is 2.19. The van der Waals surface area contributed by atoms with Crippen LogP contribution in [0.2, 0.25) is 0 Å². The highest BCUT2D eigenvalue weighted by molar-refractivity contribution is 6.01. The topological polar surface area (TPSA) is 53.9 Å². The summed E-state index contributed by atoms with van der Waals surface area (Å²) in [5, 5.41) is 4.30. The Balaban J connectivity index is 1.27. The van der Waals surface area contributed by atoms with Gasteiger partial charge in [-0.15, -0.1) is 0 Å². The van der Waals surface area contributed by atoms with Crippen LogP contribution >= 0.6 is 0 Å². The summed E-state index contributed by atoms with van der Waals surface area (Å²) in [6.45, 7) is 7.06. The van der Waals surface area contributed by atoms with Crippen LogP contribution < -0.4 is 4.90 Å². The molecule has 0 saturated carbocycles. The van der Waals surface area contributed by atoms with Gasteiger partial charge in [0.1, 0.15) is 18.2 Å². The van der Waals surface area contributed by atoms with E-state index in [2.05, 4.69) is 50.0 Å². The summed E-state index contributed by atoms with van der Waals surface area (Å²) in [4.78, 5) is 19.2. The van der Waals surface area contributed by atoms with E-state index in [1.807, 2.05) is 18.2 Å². The average Bonchev–Trinajstić information content (AvgIpc) is 3.18. The number of rotatable bonds is 5. The molecule has 3 heterocycles. The van der Waals surface area contributed by atoms with Crippen LogP contribution in [-0.4, -0.2) is 59.4 Å². The SMILES string of the molecule is CCc1cc(N2CCN(C[C@@H]3CC(c4ccccc4)=NO3)CC2)ncn1. The van der Waals surface area contributed by atoms with E-state index in [4.69, 9.17) is 4.84 Å². The molecule has 0 unspecified atom stereocenters. The third-order valence-electron chi connectivity index (χ3n) is 5.07. The van der Waals surface area contributed by atoms with Gasteiger partial charge in [0.05, 0.1) is 5.71 Å². The molecule has 1 aromatic carbocycles. The van der Waals surface area contributed by atoms with Crippen LogP contribution in [0.15, 0.2) is 47.9 Å². The molecular weight excluding hydrogens is 326 g/mol. The molecule has 0 N–H and O–H groups in total. The van der Waals surface area contributed by atoms with Crippen molar-refractivity contribution in [3.8, 4) is 0 Å². The second-order valence-electron chi connectivity index (χ2n) is 6.84. The number of aryl methyl sites for hydroxylation is 1. The molecular formula is C20H25N5O. The molecule has 2 aromatic rings. The fourth-order valence-electron chi connectivity index (χ4n) is 3.53. The highest BCUT2D eigenvalue weighted by atomic mass is 16.6. The van der Waals surface area contributed by atoms with E-state index in [-0.39, 0.29) is 6.10 Å². The summed E-state index contributed by atoms with van der Waals surface area (Å²) in [6, 6.07) is 12.4. The van der Waals surface area contributed by atoms with Crippen LogP contribution in [0.3, 0.4) is 0 Å². The second-order valence-corrected chi connectivity index (χ2v) is 6.84. The Morgan fingerprint density at radius 2 is 1.88 bits per heavy atom. The van der Waals surface area contributed by atoms with Crippen molar-refractivity contribution in [2.75, 3.05) is 37.6 Å². The molecule has 1 fully saturated rings. The van der Waals surface area contributed by atoms with E-state index in [0.717, 1.165) is 68.4 Å². The molecule has 6 nitrogen and oxygen atoms in total. The Bertz CT molecular complexity index is 756. The van der Waals surface area contributed by atoms with E-state index in [0.29, 0.717) is 0 Å². The van der Waals surface area contributed by atoms with Crippen molar-refractivity contribution in [1.29, 1.82) is 0 Å². The first-order valence-electron chi connectivity index (χ1n) is 9.38. The lowest BCUT2D eigenvalue weighted by Crippen LogP contribution is -2.48. The van der Waals surface area contributed by atoms with Gasteiger partial charge in [-0.3, -0.25) is 4.90 Å². The van der Waals surface area contributed by atoms with Crippen molar-refractivity contribution in [2.24, 2.45) is 5.16 Å². The Hall–Kier alpha value is -2.47. The van der Waals surface area contributed by atoms with Crippen molar-refractivity contribution in [3.63, 3.8) is 0 Å². The largest absolute Gasteiger partial charge is 0.390 e. The minimum atomic E-state index is 0.155. The number of hydrogen-bond donors (Lipinski definition) is 0. The van der Waals surface area contributed by atoms with E-state index >= 15 is 0 Å². The third kappa shape index (κ3) is 3.85. The molecule has 6 heteroatoms. The maximum absolute atomic E-state index is 5.68. The van der Waals surface area contributed by atoms with Gasteiger partial charge < -0.3 is 9.74 Å². The van der Waals surface area contributed by atoms with Crippen molar-refractivity contribution < 1.29 is 4.84 Å². The Labute approximate surface area is 154 Å². The lowest BCUT2D eigenvalue weighted by atomic mass is 10.0. The van der Waals surface area contributed by atoms with Gasteiger partial charge in [-0.1, -0.05) is 42.4 Å². The molecule has 4 rings (SSSR count). The number of aromatic nitrogens is 2. The monoisotopic (exact) mass is 351 g/mol. The lowest BCUT2D eigenvalue weighted by Gasteiger charge is -2.36. The average molecular weight is 351 g/mol. The first-order valence-corrected chi connectivity index (χ1v) is 9.38. The summed E-state index contributed by atoms with van der Waals surface area (Å²) in [5.74, 6) is 1.04. The molecule has 0 aliphatic carbocycles. The summed E-state index contributed by atoms with van der Waals surface area (Å²) < 4.78 is 0. The fraction of sp³-hybridized carbons (Fsp3) is 0.450. The summed E-state index contributed by atoms with van der Waals surface area (Å²) in [5.41, 5.74) is 3.32. The van der Waals surface area contributed by atoms with Crippen LogP contribution in [0.1, 0.15) is 24.6 Å². The quantitative estimate of drug-likeness (QED) is 0.828. The van der Waals surface area contributed by atoms with E-state index < -0.39 is 0 Å². The second kappa shape index (κ2) is 7.83. The zero-order valence-electron chi connectivity index (χ0n) is 15.2. The predicted molar refractivity (Wildman–Crippen MR) is 103 cm³/mol. The van der Waals surface area contributed by atoms with Crippen molar-refractivity contribution in [2.45, 2.75) is 25.9 Å². The third-order valence-corrected chi connectivity index (χ3v) is 5.07. The maximum Gasteiger partial charge on any atom is 0.145 e. The molecule has 2 aliphatic rings. The number of oxime groups is 1. The van der Waals surface area contributed by atoms with Crippen LogP contribution in [0.25, 0.3) is 0 Å². The van der Waals surface area contributed by atoms with Crippen molar-refractivity contribution in [1.82, 2.24) is 14.9 Å². The smallest absolute Gasteiger partial charge is 0.145 e. The number of anilines is 1. The molecule has 2 aliphatic heterocycles. The molecule has 0 radical (unpaired) electrons. The number of piperazine rings is 1. The van der Waals surface area contributed by atoms with Gasteiger partial charge >= 0.3 is 0 Å². The molecule has 26 heavy (non-hydrogen) atoms. The Morgan fingerprint density at radius 3 is 2.65 bits per heavy atom. The molecule has 0 amide bonds. The summed E-state index contributed by atoms with van der Waals surface area (Å²) in [6.07, 6.45) is 3.66. The summed E-state index contributed by atoms with van der Waals surface area (Å²) in [7, 11) is 0. The van der Waals surface area contributed by atoms with E-state index in [9.17, 15) is 0 Å². The summed E-state index contributed by atoms with van der Waals surface area (Å²) >= 11 is 0. The lowest BCUT2D eigenvalue weighted by molar-refractivity contribution is 0.0510. The zero-order valence-corrected chi connectivity index (χ0v) is 15.2. The van der Waals surface area contributed by atoms with E-state index in [1.54, 1.807) is 6.33 Å². The standard InChI is InChI=1S/C20H25N5O/c1-2-17-12-20(22-15-21-17)25-10-8-24(9-11-25)14-18-13-19(23-26-18)16-6-4-3-5-7-16/h3-7,12,15,18H,2,8-11,13-14H2,1H3/t18-/m0/s1. The number of nitrogens with zero attached hydrogens (tertiary/aromatic N) is 5. The highest BCUT2D eigenvalue weighted by Gasteiger charge is 2.26. The number of hydrogen-bond acceptors (Lipinski definition) is 6. The van der Waals surface area contributed by atoms with E-state index in [1.165, 1.54) is 0 Å². The molecule has 0 bridgehead atoms. The minimum absolute atomic E-state index is 0.155. The van der Waals surface area contributed by atoms with Gasteiger partial charge in [0.25, 0.3) is 0 Å². The van der Waals surface area contributed by atoms with Gasteiger partial charge in [0.2, 0.25) is 0 Å².